The molecule has 2 aromatic carbocycles. The predicted octanol–water partition coefficient (Wildman–Crippen LogP) is 3.21. The van der Waals surface area contributed by atoms with Crippen LogP contribution in [0.15, 0.2) is 48.5 Å². The van der Waals surface area contributed by atoms with Crippen LogP contribution in [0.4, 0.5) is 5.69 Å². The summed E-state index contributed by atoms with van der Waals surface area (Å²) >= 11 is 0. The van der Waals surface area contributed by atoms with E-state index in [9.17, 15) is 9.59 Å². The highest BCUT2D eigenvalue weighted by atomic mass is 16.5. The first kappa shape index (κ1) is 22.2. The normalized spacial score (nSPS) is 10.5. The Morgan fingerprint density at radius 1 is 0.966 bits per heavy atom. The standard InChI is InChI=1S/C22H28N2O5/c1-4-24(5-2)14-15-28-22(26)17-10-12-18(13-11-17)23-21(25)16-29-20-9-7-6-8-19(20)27-3/h6-13H,4-5,14-16H2,1-3H3,(H,23,25). The van der Waals surface area contributed by atoms with Crippen molar-refractivity contribution in [2.24, 2.45) is 0 Å². The van der Waals surface area contributed by atoms with Crippen molar-refractivity contribution in [2.75, 3.05) is 45.3 Å². The van der Waals surface area contributed by atoms with E-state index in [-0.39, 0.29) is 18.5 Å². The van der Waals surface area contributed by atoms with E-state index in [0.29, 0.717) is 35.9 Å². The molecule has 0 spiro atoms. The zero-order chi connectivity index (χ0) is 21.1. The van der Waals surface area contributed by atoms with Gasteiger partial charge in [0.25, 0.3) is 5.91 Å². The first-order chi connectivity index (χ1) is 14.1. The van der Waals surface area contributed by atoms with Gasteiger partial charge in [-0.1, -0.05) is 26.0 Å². The van der Waals surface area contributed by atoms with Crippen LogP contribution >= 0.6 is 0 Å². The molecule has 0 aromatic heterocycles. The molecular formula is C22H28N2O5. The molecule has 1 N–H and O–H groups in total. The van der Waals surface area contributed by atoms with Crippen molar-refractivity contribution in [3.05, 3.63) is 54.1 Å². The van der Waals surface area contributed by atoms with E-state index in [0.717, 1.165) is 13.1 Å². The monoisotopic (exact) mass is 400 g/mol. The Kier molecular flexibility index (Phi) is 8.98. The van der Waals surface area contributed by atoms with Gasteiger partial charge in [0.05, 0.1) is 12.7 Å². The molecule has 7 heteroatoms. The first-order valence-corrected chi connectivity index (χ1v) is 9.62. The van der Waals surface area contributed by atoms with Gasteiger partial charge in [0.1, 0.15) is 6.61 Å². The Morgan fingerprint density at radius 2 is 1.62 bits per heavy atom. The molecule has 0 aliphatic heterocycles. The van der Waals surface area contributed by atoms with Gasteiger partial charge < -0.3 is 24.4 Å². The fourth-order valence-electron chi connectivity index (χ4n) is 2.66. The summed E-state index contributed by atoms with van der Waals surface area (Å²) in [4.78, 5) is 26.4. The molecule has 0 heterocycles. The number of benzene rings is 2. The van der Waals surface area contributed by atoms with E-state index in [2.05, 4.69) is 24.1 Å². The predicted molar refractivity (Wildman–Crippen MR) is 112 cm³/mol. The number of hydrogen-bond donors (Lipinski definition) is 1. The second-order valence-corrected chi connectivity index (χ2v) is 6.23. The van der Waals surface area contributed by atoms with Crippen LogP contribution in [-0.2, 0) is 9.53 Å². The van der Waals surface area contributed by atoms with E-state index in [1.165, 1.54) is 0 Å². The summed E-state index contributed by atoms with van der Waals surface area (Å²) < 4.78 is 16.0. The van der Waals surface area contributed by atoms with Crippen LogP contribution in [0, 0.1) is 0 Å². The van der Waals surface area contributed by atoms with Gasteiger partial charge in [0, 0.05) is 12.2 Å². The number of esters is 1. The quantitative estimate of drug-likeness (QED) is 0.584. The van der Waals surface area contributed by atoms with Crippen LogP contribution in [0.1, 0.15) is 24.2 Å². The van der Waals surface area contributed by atoms with Crippen LogP contribution in [-0.4, -0.2) is 56.7 Å². The van der Waals surface area contributed by atoms with Crippen LogP contribution in [0.3, 0.4) is 0 Å². The maximum Gasteiger partial charge on any atom is 0.338 e. The topological polar surface area (TPSA) is 77.1 Å². The summed E-state index contributed by atoms with van der Waals surface area (Å²) in [5, 5.41) is 2.73. The molecule has 0 unspecified atom stereocenters. The summed E-state index contributed by atoms with van der Waals surface area (Å²) in [6, 6.07) is 13.7. The fraction of sp³-hybridized carbons (Fsp3) is 0.364. The largest absolute Gasteiger partial charge is 0.493 e. The number of anilines is 1. The number of carbonyl (C=O) groups excluding carboxylic acids is 2. The molecule has 0 bridgehead atoms. The first-order valence-electron chi connectivity index (χ1n) is 9.62. The molecule has 0 saturated heterocycles. The van der Waals surface area contributed by atoms with Gasteiger partial charge in [-0.2, -0.15) is 0 Å². The smallest absolute Gasteiger partial charge is 0.338 e. The van der Waals surface area contributed by atoms with E-state index >= 15 is 0 Å². The Morgan fingerprint density at radius 3 is 2.24 bits per heavy atom. The van der Waals surface area contributed by atoms with Crippen molar-refractivity contribution in [3.8, 4) is 11.5 Å². The SMILES string of the molecule is CCN(CC)CCOC(=O)c1ccc(NC(=O)COc2ccccc2OC)cc1. The van der Waals surface area contributed by atoms with E-state index < -0.39 is 0 Å². The molecule has 0 aliphatic rings. The minimum Gasteiger partial charge on any atom is -0.493 e. The van der Waals surface area contributed by atoms with Crippen molar-refractivity contribution < 1.29 is 23.8 Å². The number of hydrogen-bond acceptors (Lipinski definition) is 6. The number of nitrogens with one attached hydrogen (secondary N) is 1. The molecule has 1 amide bonds. The zero-order valence-electron chi connectivity index (χ0n) is 17.1. The number of para-hydroxylation sites is 2. The Labute approximate surface area is 171 Å². The van der Waals surface area contributed by atoms with Crippen LogP contribution < -0.4 is 14.8 Å². The number of likely N-dealkylation sites (N-methyl/N-ethyl adjacent to an activating group) is 1. The highest BCUT2D eigenvalue weighted by Gasteiger charge is 2.10. The zero-order valence-corrected chi connectivity index (χ0v) is 17.1. The van der Waals surface area contributed by atoms with Gasteiger partial charge in [0.15, 0.2) is 18.1 Å². The maximum absolute atomic E-state index is 12.1. The number of methoxy groups -OCH3 is 1. The summed E-state index contributed by atoms with van der Waals surface area (Å²) in [7, 11) is 1.54. The number of nitrogens with zero attached hydrogens (tertiary/aromatic N) is 1. The lowest BCUT2D eigenvalue weighted by atomic mass is 10.2. The summed E-state index contributed by atoms with van der Waals surface area (Å²) in [5.41, 5.74) is 1.01. The van der Waals surface area contributed by atoms with Gasteiger partial charge in [-0.3, -0.25) is 4.79 Å². The maximum atomic E-state index is 12.1. The molecule has 0 saturated carbocycles. The highest BCUT2D eigenvalue weighted by Crippen LogP contribution is 2.25. The number of rotatable bonds is 11. The molecule has 0 radical (unpaired) electrons. The number of amides is 1. The molecule has 29 heavy (non-hydrogen) atoms. The van der Waals surface area contributed by atoms with Crippen molar-refractivity contribution >= 4 is 17.6 Å². The van der Waals surface area contributed by atoms with Gasteiger partial charge in [-0.05, 0) is 49.5 Å². The van der Waals surface area contributed by atoms with Crippen LogP contribution in [0.5, 0.6) is 11.5 Å². The Balaban J connectivity index is 1.80. The minimum absolute atomic E-state index is 0.157. The third-order valence-corrected chi connectivity index (χ3v) is 4.37. The van der Waals surface area contributed by atoms with E-state index in [4.69, 9.17) is 14.2 Å². The van der Waals surface area contributed by atoms with E-state index in [1.807, 2.05) is 6.07 Å². The Bertz CT molecular complexity index is 788. The second-order valence-electron chi connectivity index (χ2n) is 6.23. The third-order valence-electron chi connectivity index (χ3n) is 4.37. The van der Waals surface area contributed by atoms with E-state index in [1.54, 1.807) is 49.6 Å². The molecule has 0 aliphatic carbocycles. The average molecular weight is 400 g/mol. The van der Waals surface area contributed by atoms with Crippen molar-refractivity contribution in [3.63, 3.8) is 0 Å². The number of carbonyl (C=O) groups is 2. The molecule has 2 rings (SSSR count). The van der Waals surface area contributed by atoms with Crippen LogP contribution in [0.2, 0.25) is 0 Å². The van der Waals surface area contributed by atoms with Crippen LogP contribution in [0.25, 0.3) is 0 Å². The van der Waals surface area contributed by atoms with Gasteiger partial charge in [-0.15, -0.1) is 0 Å². The van der Waals surface area contributed by atoms with Crippen molar-refractivity contribution in [1.29, 1.82) is 0 Å². The van der Waals surface area contributed by atoms with Gasteiger partial charge in [-0.25, -0.2) is 4.79 Å². The lowest BCUT2D eigenvalue weighted by Gasteiger charge is -2.17. The molecular weight excluding hydrogens is 372 g/mol. The summed E-state index contributed by atoms with van der Waals surface area (Å²) in [5.74, 6) is 0.358. The fourth-order valence-corrected chi connectivity index (χ4v) is 2.66. The van der Waals surface area contributed by atoms with Crippen molar-refractivity contribution in [2.45, 2.75) is 13.8 Å². The summed E-state index contributed by atoms with van der Waals surface area (Å²) in [6.45, 7) is 6.87. The second kappa shape index (κ2) is 11.7. The lowest BCUT2D eigenvalue weighted by Crippen LogP contribution is -2.27. The molecule has 0 atom stereocenters. The molecule has 0 fully saturated rings. The minimum atomic E-state index is -0.380. The molecule has 7 nitrogen and oxygen atoms in total. The average Bonchev–Trinajstić information content (AvgIpc) is 2.76. The van der Waals surface area contributed by atoms with Gasteiger partial charge >= 0.3 is 5.97 Å². The third kappa shape index (κ3) is 7.12. The molecule has 2 aromatic rings. The number of ether oxygens (including phenoxy) is 3. The van der Waals surface area contributed by atoms with Gasteiger partial charge in [0.2, 0.25) is 0 Å². The Hall–Kier alpha value is -3.06. The lowest BCUT2D eigenvalue weighted by molar-refractivity contribution is -0.118. The highest BCUT2D eigenvalue weighted by molar-refractivity contribution is 5.93. The molecule has 156 valence electrons. The summed E-state index contributed by atoms with van der Waals surface area (Å²) in [6.07, 6.45) is 0. The van der Waals surface area contributed by atoms with Crippen molar-refractivity contribution in [1.82, 2.24) is 4.90 Å².